The minimum absolute atomic E-state index is 0.204. The molecule has 4 aromatic rings. The third-order valence-corrected chi connectivity index (χ3v) is 7.30. The molecule has 2 aliphatic heterocycles. The Kier molecular flexibility index (Phi) is 5.44. The van der Waals surface area contributed by atoms with Gasteiger partial charge in [-0.3, -0.25) is 14.5 Å². The lowest BCUT2D eigenvalue weighted by molar-refractivity contribution is -0.132. The highest BCUT2D eigenvalue weighted by Crippen LogP contribution is 2.44. The molecule has 2 aliphatic rings. The van der Waals surface area contributed by atoms with Crippen LogP contribution >= 0.6 is 0 Å². The SMILES string of the molecule is CN1C(=O)C2CN(Cc3c2c2c(OCc4ccccc4)cccc2n3Cc2ccc(C(N)=O)cc2)C1=O. The van der Waals surface area contributed by atoms with Crippen LogP contribution in [0.4, 0.5) is 4.79 Å². The summed E-state index contributed by atoms with van der Waals surface area (Å²) in [6.45, 7) is 1.66. The molecule has 1 unspecified atom stereocenters. The van der Waals surface area contributed by atoms with Crippen molar-refractivity contribution in [2.75, 3.05) is 13.6 Å². The van der Waals surface area contributed by atoms with Crippen LogP contribution in [-0.2, 0) is 24.5 Å². The van der Waals surface area contributed by atoms with Gasteiger partial charge in [0.15, 0.2) is 0 Å². The first-order chi connectivity index (χ1) is 17.9. The van der Waals surface area contributed by atoms with Crippen molar-refractivity contribution in [1.29, 1.82) is 0 Å². The fraction of sp³-hybridized carbons (Fsp3) is 0.207. The van der Waals surface area contributed by atoms with Crippen LogP contribution in [0, 0.1) is 0 Å². The van der Waals surface area contributed by atoms with Gasteiger partial charge in [0.2, 0.25) is 11.8 Å². The van der Waals surface area contributed by atoms with Crippen molar-refractivity contribution in [2.24, 2.45) is 5.73 Å². The molecule has 0 spiro atoms. The lowest BCUT2D eigenvalue weighted by Gasteiger charge is -2.41. The fourth-order valence-electron chi connectivity index (χ4n) is 5.43. The smallest absolute Gasteiger partial charge is 0.326 e. The highest BCUT2D eigenvalue weighted by molar-refractivity contribution is 6.05. The van der Waals surface area contributed by atoms with Gasteiger partial charge in [-0.2, -0.15) is 0 Å². The number of likely N-dealkylation sites (N-methyl/N-ethyl adjacent to an activating group) is 1. The molecule has 6 rings (SSSR count). The first kappa shape index (κ1) is 22.8. The van der Waals surface area contributed by atoms with Gasteiger partial charge in [0.1, 0.15) is 12.4 Å². The number of rotatable bonds is 6. The van der Waals surface area contributed by atoms with E-state index in [0.29, 0.717) is 37.6 Å². The third kappa shape index (κ3) is 3.81. The zero-order valence-corrected chi connectivity index (χ0v) is 20.4. The van der Waals surface area contributed by atoms with Gasteiger partial charge in [-0.15, -0.1) is 0 Å². The van der Waals surface area contributed by atoms with Crippen LogP contribution in [0.5, 0.6) is 5.75 Å². The summed E-state index contributed by atoms with van der Waals surface area (Å²) >= 11 is 0. The van der Waals surface area contributed by atoms with Gasteiger partial charge < -0.3 is 19.9 Å². The largest absolute Gasteiger partial charge is 0.488 e. The maximum Gasteiger partial charge on any atom is 0.326 e. The third-order valence-electron chi connectivity index (χ3n) is 7.30. The zero-order valence-electron chi connectivity index (χ0n) is 20.4. The second kappa shape index (κ2) is 8.81. The van der Waals surface area contributed by atoms with Crippen LogP contribution in [0.1, 0.15) is 38.7 Å². The van der Waals surface area contributed by atoms with Crippen LogP contribution < -0.4 is 10.5 Å². The number of amides is 4. The van der Waals surface area contributed by atoms with Gasteiger partial charge in [-0.05, 0) is 35.4 Å². The van der Waals surface area contributed by atoms with Crippen LogP contribution in [0.3, 0.4) is 0 Å². The highest BCUT2D eigenvalue weighted by atomic mass is 16.5. The minimum Gasteiger partial charge on any atom is -0.488 e. The predicted molar refractivity (Wildman–Crippen MR) is 138 cm³/mol. The molecular weight excluding hydrogens is 468 g/mol. The number of nitrogens with zero attached hydrogens (tertiary/aromatic N) is 3. The summed E-state index contributed by atoms with van der Waals surface area (Å²) in [7, 11) is 1.54. The van der Waals surface area contributed by atoms with E-state index in [2.05, 4.69) is 4.57 Å². The molecule has 1 aromatic heterocycles. The van der Waals surface area contributed by atoms with Crippen molar-refractivity contribution in [3.05, 3.63) is 101 Å². The zero-order chi connectivity index (χ0) is 25.7. The first-order valence-electron chi connectivity index (χ1n) is 12.2. The Morgan fingerprint density at radius 3 is 2.46 bits per heavy atom. The predicted octanol–water partition coefficient (Wildman–Crippen LogP) is 3.86. The fourth-order valence-corrected chi connectivity index (χ4v) is 5.43. The molecule has 2 bridgehead atoms. The highest BCUT2D eigenvalue weighted by Gasteiger charge is 2.45. The van der Waals surface area contributed by atoms with E-state index in [0.717, 1.165) is 33.3 Å². The van der Waals surface area contributed by atoms with E-state index in [-0.39, 0.29) is 11.9 Å². The van der Waals surface area contributed by atoms with Crippen molar-refractivity contribution in [3.63, 3.8) is 0 Å². The molecule has 1 atom stereocenters. The number of carbonyl (C=O) groups is 3. The van der Waals surface area contributed by atoms with Crippen molar-refractivity contribution in [1.82, 2.24) is 14.4 Å². The lowest BCUT2D eigenvalue weighted by atomic mass is 9.89. The molecule has 8 nitrogen and oxygen atoms in total. The molecule has 37 heavy (non-hydrogen) atoms. The Bertz CT molecular complexity index is 1540. The summed E-state index contributed by atoms with van der Waals surface area (Å²) in [5.74, 6) is -0.433. The molecule has 3 aromatic carbocycles. The Morgan fingerprint density at radius 1 is 0.973 bits per heavy atom. The molecule has 1 fully saturated rings. The molecule has 186 valence electrons. The summed E-state index contributed by atoms with van der Waals surface area (Å²) in [5.41, 5.74) is 10.7. The Hall–Kier alpha value is -4.59. The number of hydrogen-bond acceptors (Lipinski definition) is 4. The van der Waals surface area contributed by atoms with Crippen molar-refractivity contribution >= 4 is 28.7 Å². The van der Waals surface area contributed by atoms with Crippen LogP contribution in [0.25, 0.3) is 10.9 Å². The number of fused-ring (bicyclic) bond motifs is 6. The summed E-state index contributed by atoms with van der Waals surface area (Å²) < 4.78 is 8.48. The lowest BCUT2D eigenvalue weighted by Crippen LogP contribution is -2.56. The van der Waals surface area contributed by atoms with Gasteiger partial charge >= 0.3 is 6.03 Å². The second-order valence-corrected chi connectivity index (χ2v) is 9.55. The number of imide groups is 1. The molecule has 4 amide bonds. The number of aromatic nitrogens is 1. The minimum atomic E-state index is -0.475. The number of ether oxygens (including phenoxy) is 1. The molecule has 8 heteroatoms. The summed E-state index contributed by atoms with van der Waals surface area (Å²) in [6.07, 6.45) is 0. The van der Waals surface area contributed by atoms with Gasteiger partial charge in [-0.25, -0.2) is 4.79 Å². The number of primary amides is 1. The normalized spacial score (nSPS) is 16.7. The molecule has 0 radical (unpaired) electrons. The van der Waals surface area contributed by atoms with Crippen molar-refractivity contribution < 1.29 is 19.1 Å². The average molecular weight is 495 g/mol. The van der Waals surface area contributed by atoms with Crippen LogP contribution in [-0.4, -0.2) is 45.8 Å². The Balaban J connectivity index is 1.49. The van der Waals surface area contributed by atoms with Crippen molar-refractivity contribution in [2.45, 2.75) is 25.6 Å². The van der Waals surface area contributed by atoms with E-state index in [1.54, 1.807) is 24.1 Å². The first-order valence-corrected chi connectivity index (χ1v) is 12.2. The van der Waals surface area contributed by atoms with Crippen molar-refractivity contribution in [3.8, 4) is 5.75 Å². The number of carbonyl (C=O) groups excluding carboxylic acids is 3. The van der Waals surface area contributed by atoms with E-state index in [1.807, 2.05) is 60.7 Å². The molecule has 0 aliphatic carbocycles. The number of nitrogens with two attached hydrogens (primary N) is 1. The van der Waals surface area contributed by atoms with Gasteiger partial charge in [0.25, 0.3) is 0 Å². The van der Waals surface area contributed by atoms with E-state index >= 15 is 0 Å². The van der Waals surface area contributed by atoms with Crippen LogP contribution in [0.15, 0.2) is 72.8 Å². The number of benzene rings is 3. The molecule has 1 saturated heterocycles. The van der Waals surface area contributed by atoms with Gasteiger partial charge in [0.05, 0.1) is 18.0 Å². The topological polar surface area (TPSA) is 97.9 Å². The maximum absolute atomic E-state index is 13.3. The van der Waals surface area contributed by atoms with Crippen LogP contribution in [0.2, 0.25) is 0 Å². The average Bonchev–Trinajstić information content (AvgIpc) is 3.24. The summed E-state index contributed by atoms with van der Waals surface area (Å²) in [6, 6.07) is 22.8. The summed E-state index contributed by atoms with van der Waals surface area (Å²) in [5, 5.41) is 0.905. The van der Waals surface area contributed by atoms with E-state index in [9.17, 15) is 14.4 Å². The molecular formula is C29H26N4O4. The second-order valence-electron chi connectivity index (χ2n) is 9.55. The summed E-state index contributed by atoms with van der Waals surface area (Å²) in [4.78, 5) is 40.6. The maximum atomic E-state index is 13.3. The van der Waals surface area contributed by atoms with E-state index < -0.39 is 11.8 Å². The molecule has 0 saturated carbocycles. The molecule has 3 heterocycles. The standard InChI is InChI=1S/C29H26N4O4/c1-31-28(35)21-15-32(29(31)36)16-23-25(21)26-22(33(23)14-18-10-12-20(13-11-18)27(30)34)8-5-9-24(26)37-17-19-6-3-2-4-7-19/h2-13,21H,14-17H2,1H3,(H2,30,34). The quantitative estimate of drug-likeness (QED) is 0.440. The van der Waals surface area contributed by atoms with E-state index in [1.165, 1.54) is 4.90 Å². The van der Waals surface area contributed by atoms with Gasteiger partial charge in [-0.1, -0.05) is 48.5 Å². The number of hydrogen-bond donors (Lipinski definition) is 1. The Morgan fingerprint density at radius 2 is 1.73 bits per heavy atom. The Labute approximate surface area is 213 Å². The molecule has 2 N–H and O–H groups in total. The van der Waals surface area contributed by atoms with E-state index in [4.69, 9.17) is 10.5 Å². The monoisotopic (exact) mass is 494 g/mol. The number of urea groups is 1. The van der Waals surface area contributed by atoms with Gasteiger partial charge in [0, 0.05) is 42.3 Å².